The number of hydrogen-bond acceptors (Lipinski definition) is 5. The Morgan fingerprint density at radius 1 is 1.00 bits per heavy atom. The van der Waals surface area contributed by atoms with Gasteiger partial charge in [-0.25, -0.2) is 0 Å². The fourth-order valence-corrected chi connectivity index (χ4v) is 4.99. The summed E-state index contributed by atoms with van der Waals surface area (Å²) in [5, 5.41) is 2.04. The molecule has 3 aromatic rings. The molecule has 32 heavy (non-hydrogen) atoms. The number of carbonyl (C=O) groups is 1. The molecule has 0 N–H and O–H groups in total. The summed E-state index contributed by atoms with van der Waals surface area (Å²) in [5.74, 6) is 1.47. The number of nitrogens with zero attached hydrogens (tertiary/aromatic N) is 1. The molecule has 0 atom stereocenters. The van der Waals surface area contributed by atoms with Crippen molar-refractivity contribution >= 4 is 51.1 Å². The lowest BCUT2D eigenvalue weighted by Gasteiger charge is -2.14. The highest BCUT2D eigenvalue weighted by molar-refractivity contribution is 8.26. The van der Waals surface area contributed by atoms with Crippen LogP contribution in [0.4, 0.5) is 0 Å². The van der Waals surface area contributed by atoms with Gasteiger partial charge in [0.2, 0.25) is 0 Å². The van der Waals surface area contributed by atoms with Crippen LogP contribution in [0.1, 0.15) is 25.0 Å². The zero-order valence-electron chi connectivity index (χ0n) is 18.2. The summed E-state index contributed by atoms with van der Waals surface area (Å²) in [6, 6.07) is 20.1. The lowest BCUT2D eigenvalue weighted by atomic mass is 10.0. The van der Waals surface area contributed by atoms with Crippen molar-refractivity contribution in [1.82, 2.24) is 4.90 Å². The van der Waals surface area contributed by atoms with Crippen molar-refractivity contribution in [3.05, 3.63) is 76.7 Å². The van der Waals surface area contributed by atoms with Gasteiger partial charge in [0.05, 0.1) is 18.1 Å². The largest absolute Gasteiger partial charge is 0.494 e. The van der Waals surface area contributed by atoms with Crippen LogP contribution >= 0.6 is 24.0 Å². The molecule has 6 heteroatoms. The van der Waals surface area contributed by atoms with E-state index < -0.39 is 0 Å². The third-order valence-corrected chi connectivity index (χ3v) is 6.60. The Bertz CT molecular complexity index is 1170. The van der Waals surface area contributed by atoms with Gasteiger partial charge >= 0.3 is 0 Å². The molecule has 164 valence electrons. The first-order valence-corrected chi connectivity index (χ1v) is 11.9. The minimum Gasteiger partial charge on any atom is -0.494 e. The highest BCUT2D eigenvalue weighted by Crippen LogP contribution is 2.38. The number of benzene rings is 3. The first kappa shape index (κ1) is 22.4. The Hall–Kier alpha value is -2.83. The van der Waals surface area contributed by atoms with Crippen molar-refractivity contribution in [2.24, 2.45) is 0 Å². The van der Waals surface area contributed by atoms with Crippen molar-refractivity contribution in [1.29, 1.82) is 0 Å². The smallest absolute Gasteiger partial charge is 0.266 e. The molecule has 0 bridgehead atoms. The average Bonchev–Trinajstić information content (AvgIpc) is 3.07. The van der Waals surface area contributed by atoms with Crippen LogP contribution in [-0.4, -0.2) is 34.9 Å². The van der Waals surface area contributed by atoms with Gasteiger partial charge < -0.3 is 9.47 Å². The molecule has 0 spiro atoms. The van der Waals surface area contributed by atoms with E-state index in [1.165, 1.54) is 17.3 Å². The Kier molecular flexibility index (Phi) is 7.12. The number of fused-ring (bicyclic) bond motifs is 1. The van der Waals surface area contributed by atoms with Gasteiger partial charge in [-0.3, -0.25) is 9.69 Å². The minimum atomic E-state index is -0.0589. The Balaban J connectivity index is 1.68. The monoisotopic (exact) mass is 463 g/mol. The standard InChI is InChI=1S/C26H25NO3S2/c1-3-29-20-12-10-19-11-13-23(30-4-2)22(21(19)16-20)17-24-25(28)27(26(31)32-24)15-14-18-8-6-5-7-9-18/h5-13,16-17H,3-4,14-15H2,1-2H3/b24-17+. The van der Waals surface area contributed by atoms with E-state index in [9.17, 15) is 4.79 Å². The summed E-state index contributed by atoms with van der Waals surface area (Å²) in [5.41, 5.74) is 2.05. The molecule has 0 radical (unpaired) electrons. The van der Waals surface area contributed by atoms with E-state index in [2.05, 4.69) is 12.1 Å². The highest BCUT2D eigenvalue weighted by atomic mass is 32.2. The van der Waals surface area contributed by atoms with Crippen LogP contribution in [-0.2, 0) is 11.2 Å². The van der Waals surface area contributed by atoms with Crippen molar-refractivity contribution in [3.63, 3.8) is 0 Å². The molecule has 0 aromatic heterocycles. The van der Waals surface area contributed by atoms with Crippen LogP contribution in [0.25, 0.3) is 16.8 Å². The maximum absolute atomic E-state index is 13.2. The number of hydrogen-bond donors (Lipinski definition) is 0. The number of thioether (sulfide) groups is 1. The van der Waals surface area contributed by atoms with Crippen LogP contribution in [0.3, 0.4) is 0 Å². The molecule has 0 aliphatic carbocycles. The van der Waals surface area contributed by atoms with Crippen molar-refractivity contribution in [2.45, 2.75) is 20.3 Å². The Morgan fingerprint density at radius 2 is 1.75 bits per heavy atom. The number of ether oxygens (including phenoxy) is 2. The van der Waals surface area contributed by atoms with Gasteiger partial charge in [-0.05, 0) is 60.9 Å². The second-order valence-corrected chi connectivity index (χ2v) is 8.97. The molecule has 0 saturated carbocycles. The second kappa shape index (κ2) is 10.2. The van der Waals surface area contributed by atoms with E-state index in [0.29, 0.717) is 29.0 Å². The average molecular weight is 464 g/mol. The van der Waals surface area contributed by atoms with Crippen LogP contribution in [0.5, 0.6) is 11.5 Å². The van der Waals surface area contributed by atoms with Gasteiger partial charge in [-0.2, -0.15) is 0 Å². The number of rotatable bonds is 8. The van der Waals surface area contributed by atoms with E-state index in [1.807, 2.05) is 68.5 Å². The van der Waals surface area contributed by atoms with Gasteiger partial charge in [0.1, 0.15) is 15.8 Å². The van der Waals surface area contributed by atoms with E-state index in [4.69, 9.17) is 21.7 Å². The lowest BCUT2D eigenvalue weighted by molar-refractivity contribution is -0.122. The van der Waals surface area contributed by atoms with Crippen LogP contribution < -0.4 is 9.47 Å². The molecule has 1 saturated heterocycles. The second-order valence-electron chi connectivity index (χ2n) is 7.30. The zero-order chi connectivity index (χ0) is 22.5. The molecule has 4 rings (SSSR count). The van der Waals surface area contributed by atoms with Gasteiger partial charge in [0.25, 0.3) is 5.91 Å². The zero-order valence-corrected chi connectivity index (χ0v) is 19.8. The number of thiocarbonyl (C=S) groups is 1. The van der Waals surface area contributed by atoms with Gasteiger partial charge in [0.15, 0.2) is 0 Å². The molecule has 0 unspecified atom stereocenters. The Morgan fingerprint density at radius 3 is 2.50 bits per heavy atom. The first-order valence-electron chi connectivity index (χ1n) is 10.7. The van der Waals surface area contributed by atoms with Crippen molar-refractivity contribution < 1.29 is 14.3 Å². The predicted molar refractivity (Wildman–Crippen MR) is 136 cm³/mol. The van der Waals surface area contributed by atoms with Crippen LogP contribution in [0, 0.1) is 0 Å². The van der Waals surface area contributed by atoms with Crippen molar-refractivity contribution in [3.8, 4) is 11.5 Å². The summed E-state index contributed by atoms with van der Waals surface area (Å²) < 4.78 is 12.2. The quantitative estimate of drug-likeness (QED) is 0.299. The van der Waals surface area contributed by atoms with Gasteiger partial charge in [-0.15, -0.1) is 0 Å². The predicted octanol–water partition coefficient (Wildman–Crippen LogP) is 6.08. The normalized spacial score (nSPS) is 15.1. The summed E-state index contributed by atoms with van der Waals surface area (Å²) in [7, 11) is 0. The third kappa shape index (κ3) is 4.81. The Labute approximate surface area is 198 Å². The van der Waals surface area contributed by atoms with E-state index in [1.54, 1.807) is 4.90 Å². The lowest BCUT2D eigenvalue weighted by Crippen LogP contribution is -2.30. The van der Waals surface area contributed by atoms with E-state index in [-0.39, 0.29) is 5.91 Å². The summed E-state index contributed by atoms with van der Waals surface area (Å²) in [4.78, 5) is 15.5. The molecule has 1 fully saturated rings. The molecule has 4 nitrogen and oxygen atoms in total. The summed E-state index contributed by atoms with van der Waals surface area (Å²) in [6.07, 6.45) is 2.67. The number of carbonyl (C=O) groups excluding carboxylic acids is 1. The minimum absolute atomic E-state index is 0.0589. The fraction of sp³-hybridized carbons (Fsp3) is 0.231. The molecule has 3 aromatic carbocycles. The first-order chi connectivity index (χ1) is 15.6. The van der Waals surface area contributed by atoms with Crippen LogP contribution in [0.2, 0.25) is 0 Å². The topological polar surface area (TPSA) is 38.8 Å². The van der Waals surface area contributed by atoms with Crippen LogP contribution in [0.15, 0.2) is 65.6 Å². The molecular formula is C26H25NO3S2. The third-order valence-electron chi connectivity index (χ3n) is 5.22. The van der Waals surface area contributed by atoms with Gasteiger partial charge in [-0.1, -0.05) is 66.4 Å². The van der Waals surface area contributed by atoms with Gasteiger partial charge in [0, 0.05) is 12.1 Å². The molecule has 1 amide bonds. The SMILES string of the molecule is CCOc1ccc2ccc(OCC)c(/C=C3/SC(=S)N(CCc4ccccc4)C3=O)c2c1. The van der Waals surface area contributed by atoms with Crippen molar-refractivity contribution in [2.75, 3.05) is 19.8 Å². The maximum atomic E-state index is 13.2. The molecular weight excluding hydrogens is 438 g/mol. The van der Waals surface area contributed by atoms with E-state index >= 15 is 0 Å². The summed E-state index contributed by atoms with van der Waals surface area (Å²) >= 11 is 6.88. The van der Waals surface area contributed by atoms with E-state index in [0.717, 1.165) is 34.3 Å². The summed E-state index contributed by atoms with van der Waals surface area (Å²) in [6.45, 7) is 5.60. The fourth-order valence-electron chi connectivity index (χ4n) is 3.70. The highest BCUT2D eigenvalue weighted by Gasteiger charge is 2.32. The number of amides is 1. The molecule has 1 aliphatic heterocycles. The molecule has 1 heterocycles. The molecule has 1 aliphatic rings. The maximum Gasteiger partial charge on any atom is 0.266 e.